The molecule has 0 saturated heterocycles. The molecule has 2 rings (SSSR count). The molecule has 0 amide bonds. The second-order valence-electron chi connectivity index (χ2n) is 5.17. The van der Waals surface area contributed by atoms with Gasteiger partial charge in [-0.1, -0.05) is 6.92 Å². The minimum atomic E-state index is -0.910. The summed E-state index contributed by atoms with van der Waals surface area (Å²) in [5.41, 5.74) is 0.285. The summed E-state index contributed by atoms with van der Waals surface area (Å²) < 4.78 is 5.53. The average molecular weight is 251 g/mol. The summed E-state index contributed by atoms with van der Waals surface area (Å²) in [7, 11) is 0. The van der Waals surface area contributed by atoms with E-state index in [2.05, 4.69) is 11.8 Å². The molecule has 1 heterocycles. The molecule has 1 aromatic heterocycles. The molecule has 1 aliphatic rings. The molecule has 0 atom stereocenters. The van der Waals surface area contributed by atoms with Crippen molar-refractivity contribution in [3.8, 4) is 0 Å². The van der Waals surface area contributed by atoms with Crippen LogP contribution in [-0.2, 0) is 6.54 Å². The van der Waals surface area contributed by atoms with Crippen LogP contribution in [0.1, 0.15) is 48.1 Å². The second kappa shape index (κ2) is 5.57. The zero-order chi connectivity index (χ0) is 13.1. The van der Waals surface area contributed by atoms with Gasteiger partial charge in [-0.3, -0.25) is 4.90 Å². The van der Waals surface area contributed by atoms with E-state index in [1.54, 1.807) is 13.0 Å². The molecular formula is C14H21NO3. The van der Waals surface area contributed by atoms with Crippen LogP contribution in [0.5, 0.6) is 0 Å². The van der Waals surface area contributed by atoms with Crippen molar-refractivity contribution in [3.05, 3.63) is 23.2 Å². The maximum atomic E-state index is 11.0. The number of hydrogen-bond donors (Lipinski definition) is 1. The van der Waals surface area contributed by atoms with Gasteiger partial charge in [-0.25, -0.2) is 4.79 Å². The maximum absolute atomic E-state index is 11.0. The monoisotopic (exact) mass is 251 g/mol. The molecule has 1 fully saturated rings. The number of carbonyl (C=O) groups is 1. The summed E-state index contributed by atoms with van der Waals surface area (Å²) in [4.78, 5) is 13.3. The van der Waals surface area contributed by atoms with Crippen LogP contribution in [-0.4, -0.2) is 29.1 Å². The second-order valence-corrected chi connectivity index (χ2v) is 5.17. The quantitative estimate of drug-likeness (QED) is 0.809. The average Bonchev–Trinajstić information content (AvgIpc) is 3.01. The van der Waals surface area contributed by atoms with Crippen LogP contribution >= 0.6 is 0 Å². The first-order valence-electron chi connectivity index (χ1n) is 6.65. The Morgan fingerprint density at radius 1 is 1.56 bits per heavy atom. The fourth-order valence-corrected chi connectivity index (χ4v) is 2.27. The molecule has 0 spiro atoms. The summed E-state index contributed by atoms with van der Waals surface area (Å²) in [6, 6.07) is 1.66. The predicted molar refractivity (Wildman–Crippen MR) is 68.7 cm³/mol. The van der Waals surface area contributed by atoms with E-state index < -0.39 is 5.97 Å². The lowest BCUT2D eigenvalue weighted by molar-refractivity contribution is 0.0695. The van der Waals surface area contributed by atoms with Crippen molar-refractivity contribution < 1.29 is 14.3 Å². The van der Waals surface area contributed by atoms with Crippen LogP contribution in [0.15, 0.2) is 10.5 Å². The Morgan fingerprint density at radius 2 is 2.28 bits per heavy atom. The Balaban J connectivity index is 2.00. The summed E-state index contributed by atoms with van der Waals surface area (Å²) >= 11 is 0. The number of carboxylic acid groups (broad SMARTS) is 1. The number of nitrogens with zero attached hydrogens (tertiary/aromatic N) is 1. The number of furan rings is 1. The Labute approximate surface area is 108 Å². The lowest BCUT2D eigenvalue weighted by Gasteiger charge is -2.19. The van der Waals surface area contributed by atoms with Crippen molar-refractivity contribution in [3.63, 3.8) is 0 Å². The van der Waals surface area contributed by atoms with Gasteiger partial charge in [0.2, 0.25) is 0 Å². The zero-order valence-corrected chi connectivity index (χ0v) is 11.1. The van der Waals surface area contributed by atoms with Gasteiger partial charge in [0, 0.05) is 6.54 Å². The highest BCUT2D eigenvalue weighted by molar-refractivity contribution is 5.88. The highest BCUT2D eigenvalue weighted by atomic mass is 16.4. The lowest BCUT2D eigenvalue weighted by Crippen LogP contribution is -2.26. The van der Waals surface area contributed by atoms with Gasteiger partial charge >= 0.3 is 5.97 Å². The Morgan fingerprint density at radius 3 is 2.78 bits per heavy atom. The van der Waals surface area contributed by atoms with Gasteiger partial charge in [0.25, 0.3) is 0 Å². The standard InChI is InChI=1S/C14H21NO3/c1-3-6-15(8-11-4-5-11)9-12-7-13(14(16)17)10(2)18-12/h7,11H,3-6,8-9H2,1-2H3,(H,16,17). The lowest BCUT2D eigenvalue weighted by atomic mass is 10.2. The minimum absolute atomic E-state index is 0.285. The van der Waals surface area contributed by atoms with E-state index in [-0.39, 0.29) is 5.56 Å². The largest absolute Gasteiger partial charge is 0.478 e. The van der Waals surface area contributed by atoms with Crippen LogP contribution in [0.25, 0.3) is 0 Å². The van der Waals surface area contributed by atoms with E-state index in [1.807, 2.05) is 0 Å². The Kier molecular flexibility index (Phi) is 4.07. The number of rotatable bonds is 7. The molecule has 1 aliphatic carbocycles. The molecular weight excluding hydrogens is 230 g/mol. The van der Waals surface area contributed by atoms with Gasteiger partial charge in [0.1, 0.15) is 17.1 Å². The van der Waals surface area contributed by atoms with E-state index in [0.717, 1.165) is 37.7 Å². The molecule has 1 N–H and O–H groups in total. The van der Waals surface area contributed by atoms with Crippen molar-refractivity contribution in [2.45, 2.75) is 39.7 Å². The predicted octanol–water partition coefficient (Wildman–Crippen LogP) is 2.91. The number of carboxylic acids is 1. The minimum Gasteiger partial charge on any atom is -0.478 e. The first kappa shape index (κ1) is 13.1. The molecule has 1 aromatic rings. The van der Waals surface area contributed by atoms with Gasteiger partial charge < -0.3 is 9.52 Å². The SMILES string of the molecule is CCCN(Cc1cc(C(=O)O)c(C)o1)CC1CC1. The first-order chi connectivity index (χ1) is 8.60. The highest BCUT2D eigenvalue weighted by Gasteiger charge is 2.25. The third-order valence-electron chi connectivity index (χ3n) is 3.33. The molecule has 100 valence electrons. The first-order valence-corrected chi connectivity index (χ1v) is 6.65. The molecule has 0 bridgehead atoms. The molecule has 1 saturated carbocycles. The molecule has 0 aromatic carbocycles. The van der Waals surface area contributed by atoms with E-state index in [9.17, 15) is 4.79 Å². The fraction of sp³-hybridized carbons (Fsp3) is 0.643. The Hall–Kier alpha value is -1.29. The smallest absolute Gasteiger partial charge is 0.339 e. The van der Waals surface area contributed by atoms with E-state index in [1.165, 1.54) is 12.8 Å². The van der Waals surface area contributed by atoms with E-state index >= 15 is 0 Å². The van der Waals surface area contributed by atoms with Crippen LogP contribution in [0, 0.1) is 12.8 Å². The van der Waals surface area contributed by atoms with Crippen LogP contribution in [0.4, 0.5) is 0 Å². The summed E-state index contributed by atoms with van der Waals surface area (Å²) in [6.45, 7) is 6.74. The zero-order valence-electron chi connectivity index (χ0n) is 11.1. The molecule has 0 unspecified atom stereocenters. The molecule has 0 radical (unpaired) electrons. The van der Waals surface area contributed by atoms with E-state index in [0.29, 0.717) is 5.76 Å². The highest BCUT2D eigenvalue weighted by Crippen LogP contribution is 2.30. The Bertz CT molecular complexity index is 421. The van der Waals surface area contributed by atoms with Crippen molar-refractivity contribution in [1.29, 1.82) is 0 Å². The van der Waals surface area contributed by atoms with Gasteiger partial charge in [-0.05, 0) is 44.7 Å². The van der Waals surface area contributed by atoms with Crippen LogP contribution < -0.4 is 0 Å². The van der Waals surface area contributed by atoms with Gasteiger partial charge in [0.05, 0.1) is 6.54 Å². The van der Waals surface area contributed by atoms with Gasteiger partial charge in [-0.15, -0.1) is 0 Å². The number of aryl methyl sites for hydroxylation is 1. The van der Waals surface area contributed by atoms with Crippen molar-refractivity contribution in [1.82, 2.24) is 4.90 Å². The van der Waals surface area contributed by atoms with Gasteiger partial charge in [-0.2, -0.15) is 0 Å². The molecule has 4 nitrogen and oxygen atoms in total. The molecule has 4 heteroatoms. The third kappa shape index (κ3) is 3.35. The topological polar surface area (TPSA) is 53.7 Å². The van der Waals surface area contributed by atoms with E-state index in [4.69, 9.17) is 9.52 Å². The maximum Gasteiger partial charge on any atom is 0.339 e. The van der Waals surface area contributed by atoms with Crippen LogP contribution in [0.3, 0.4) is 0 Å². The molecule has 18 heavy (non-hydrogen) atoms. The summed E-state index contributed by atoms with van der Waals surface area (Å²) in [5.74, 6) is 1.19. The third-order valence-corrected chi connectivity index (χ3v) is 3.33. The van der Waals surface area contributed by atoms with Crippen molar-refractivity contribution in [2.75, 3.05) is 13.1 Å². The van der Waals surface area contributed by atoms with Crippen LogP contribution in [0.2, 0.25) is 0 Å². The number of hydrogen-bond acceptors (Lipinski definition) is 3. The fourth-order valence-electron chi connectivity index (χ4n) is 2.27. The van der Waals surface area contributed by atoms with Crippen molar-refractivity contribution >= 4 is 5.97 Å². The molecule has 0 aliphatic heterocycles. The van der Waals surface area contributed by atoms with Crippen molar-refractivity contribution in [2.24, 2.45) is 5.92 Å². The summed E-state index contributed by atoms with van der Waals surface area (Å²) in [6.07, 6.45) is 3.77. The normalized spacial score (nSPS) is 15.3. The summed E-state index contributed by atoms with van der Waals surface area (Å²) in [5, 5.41) is 9.00. The number of aromatic carboxylic acids is 1. The van der Waals surface area contributed by atoms with Gasteiger partial charge in [0.15, 0.2) is 0 Å².